The van der Waals surface area contributed by atoms with Gasteiger partial charge < -0.3 is 4.90 Å². The first-order chi connectivity index (χ1) is 7.27. The van der Waals surface area contributed by atoms with Gasteiger partial charge in [-0.15, -0.1) is 0 Å². The van der Waals surface area contributed by atoms with Crippen molar-refractivity contribution in [3.63, 3.8) is 0 Å². The number of hydrogen-bond donors (Lipinski definition) is 1. The smallest absolute Gasteiger partial charge is 0.265 e. The largest absolute Gasteiger partial charge is 0.342 e. The number of rotatable bonds is 1. The van der Waals surface area contributed by atoms with E-state index in [2.05, 4.69) is 14.9 Å². The van der Waals surface area contributed by atoms with Gasteiger partial charge in [0.15, 0.2) is 0 Å². The molecule has 1 aromatic heterocycles. The quantitative estimate of drug-likeness (QED) is 0.803. The normalized spacial score (nSPS) is 17.5. The van der Waals surface area contributed by atoms with E-state index in [1.54, 1.807) is 6.20 Å². The van der Waals surface area contributed by atoms with Gasteiger partial charge in [0.25, 0.3) is 5.56 Å². The van der Waals surface area contributed by atoms with Crippen molar-refractivity contribution in [3.05, 3.63) is 20.1 Å². The van der Waals surface area contributed by atoms with Crippen molar-refractivity contribution >= 4 is 28.5 Å². The summed E-state index contributed by atoms with van der Waals surface area (Å²) in [6.07, 6.45) is 6.58. The zero-order chi connectivity index (χ0) is 10.7. The third-order valence-corrected chi connectivity index (χ3v) is 3.42. The molecule has 1 aliphatic heterocycles. The summed E-state index contributed by atoms with van der Waals surface area (Å²) in [5.74, 6) is 0.724. The molecular formula is C10H14IN3O. The molecule has 2 rings (SSSR count). The molecule has 0 spiro atoms. The number of anilines is 1. The molecule has 0 amide bonds. The van der Waals surface area contributed by atoms with E-state index in [4.69, 9.17) is 0 Å². The Kier molecular flexibility index (Phi) is 3.61. The molecule has 0 unspecified atom stereocenters. The van der Waals surface area contributed by atoms with Gasteiger partial charge in [0, 0.05) is 19.3 Å². The minimum atomic E-state index is -0.0372. The van der Waals surface area contributed by atoms with Gasteiger partial charge in [-0.1, -0.05) is 12.8 Å². The highest BCUT2D eigenvalue weighted by Crippen LogP contribution is 2.14. The topological polar surface area (TPSA) is 49.0 Å². The average Bonchev–Trinajstić information content (AvgIpc) is 2.50. The van der Waals surface area contributed by atoms with Crippen LogP contribution in [0.4, 0.5) is 5.95 Å². The zero-order valence-electron chi connectivity index (χ0n) is 8.50. The van der Waals surface area contributed by atoms with Crippen molar-refractivity contribution in [1.82, 2.24) is 9.97 Å². The predicted octanol–water partition coefficient (Wildman–Crippen LogP) is 1.75. The zero-order valence-corrected chi connectivity index (χ0v) is 10.7. The molecule has 4 nitrogen and oxygen atoms in total. The van der Waals surface area contributed by atoms with E-state index in [9.17, 15) is 4.79 Å². The molecular weight excluding hydrogens is 305 g/mol. The standard InChI is InChI=1S/C10H14IN3O/c11-8-7-12-10(13-9(8)15)14-5-3-1-2-4-6-14/h7H,1-6H2,(H,12,13,15). The van der Waals surface area contributed by atoms with Gasteiger partial charge >= 0.3 is 0 Å². The van der Waals surface area contributed by atoms with Gasteiger partial charge in [0.05, 0.1) is 3.57 Å². The van der Waals surface area contributed by atoms with E-state index >= 15 is 0 Å². The molecule has 0 radical (unpaired) electrons. The second-order valence-corrected chi connectivity index (χ2v) is 4.95. The van der Waals surface area contributed by atoms with Crippen molar-refractivity contribution in [3.8, 4) is 0 Å². The van der Waals surface area contributed by atoms with Crippen LogP contribution in [-0.4, -0.2) is 23.1 Å². The monoisotopic (exact) mass is 319 g/mol. The maximum Gasteiger partial charge on any atom is 0.265 e. The fraction of sp³-hybridized carbons (Fsp3) is 0.600. The lowest BCUT2D eigenvalue weighted by atomic mass is 10.2. The summed E-state index contributed by atoms with van der Waals surface area (Å²) in [5.41, 5.74) is -0.0372. The summed E-state index contributed by atoms with van der Waals surface area (Å²) in [7, 11) is 0. The maximum absolute atomic E-state index is 11.4. The first kappa shape index (κ1) is 10.9. The van der Waals surface area contributed by atoms with Gasteiger partial charge in [-0.25, -0.2) is 4.98 Å². The molecule has 2 heterocycles. The molecule has 15 heavy (non-hydrogen) atoms. The minimum Gasteiger partial charge on any atom is -0.342 e. The highest BCUT2D eigenvalue weighted by atomic mass is 127. The molecule has 0 aromatic carbocycles. The lowest BCUT2D eigenvalue weighted by Crippen LogP contribution is -2.28. The Morgan fingerprint density at radius 1 is 1.27 bits per heavy atom. The van der Waals surface area contributed by atoms with Crippen LogP contribution in [-0.2, 0) is 0 Å². The molecule has 0 bridgehead atoms. The third-order valence-electron chi connectivity index (χ3n) is 2.65. The Labute approximate surface area is 102 Å². The van der Waals surface area contributed by atoms with Crippen LogP contribution in [0.3, 0.4) is 0 Å². The van der Waals surface area contributed by atoms with Gasteiger partial charge in [0.2, 0.25) is 5.95 Å². The molecule has 1 saturated heterocycles. The Morgan fingerprint density at radius 3 is 2.53 bits per heavy atom. The summed E-state index contributed by atoms with van der Waals surface area (Å²) >= 11 is 1.99. The van der Waals surface area contributed by atoms with Crippen LogP contribution in [0.5, 0.6) is 0 Å². The lowest BCUT2D eigenvalue weighted by Gasteiger charge is -2.20. The predicted molar refractivity (Wildman–Crippen MR) is 68.3 cm³/mol. The second-order valence-electron chi connectivity index (χ2n) is 3.79. The summed E-state index contributed by atoms with van der Waals surface area (Å²) in [5, 5.41) is 0. The van der Waals surface area contributed by atoms with E-state index in [0.717, 1.165) is 19.0 Å². The molecule has 0 saturated carbocycles. The molecule has 0 atom stereocenters. The molecule has 1 aliphatic rings. The van der Waals surface area contributed by atoms with Crippen molar-refractivity contribution in [2.24, 2.45) is 0 Å². The number of H-pyrrole nitrogens is 1. The summed E-state index contributed by atoms with van der Waals surface area (Å²) in [4.78, 5) is 20.7. The number of hydrogen-bond acceptors (Lipinski definition) is 3. The fourth-order valence-corrected chi connectivity index (χ4v) is 2.09. The van der Waals surface area contributed by atoms with Gasteiger partial charge in [-0.2, -0.15) is 0 Å². The number of aromatic nitrogens is 2. The number of halogens is 1. The van der Waals surface area contributed by atoms with Crippen LogP contribution in [0.15, 0.2) is 11.0 Å². The van der Waals surface area contributed by atoms with Gasteiger partial charge in [-0.3, -0.25) is 9.78 Å². The van der Waals surface area contributed by atoms with Crippen LogP contribution >= 0.6 is 22.6 Å². The molecule has 0 aliphatic carbocycles. The van der Waals surface area contributed by atoms with Crippen molar-refractivity contribution < 1.29 is 0 Å². The number of nitrogens with zero attached hydrogens (tertiary/aromatic N) is 2. The molecule has 1 aromatic rings. The van der Waals surface area contributed by atoms with Crippen LogP contribution in [0.1, 0.15) is 25.7 Å². The molecule has 1 fully saturated rings. The fourth-order valence-electron chi connectivity index (χ4n) is 1.81. The van der Waals surface area contributed by atoms with Gasteiger partial charge in [-0.05, 0) is 35.4 Å². The van der Waals surface area contributed by atoms with Gasteiger partial charge in [0.1, 0.15) is 0 Å². The lowest BCUT2D eigenvalue weighted by molar-refractivity contribution is 0.726. The molecule has 82 valence electrons. The number of aromatic amines is 1. The Bertz CT molecular complexity index is 382. The minimum absolute atomic E-state index is 0.0372. The maximum atomic E-state index is 11.4. The van der Waals surface area contributed by atoms with E-state index in [1.807, 2.05) is 22.6 Å². The van der Waals surface area contributed by atoms with Crippen LogP contribution in [0, 0.1) is 3.57 Å². The first-order valence-corrected chi connectivity index (χ1v) is 6.35. The Morgan fingerprint density at radius 2 is 1.93 bits per heavy atom. The Balaban J connectivity index is 2.20. The van der Waals surface area contributed by atoms with E-state index in [0.29, 0.717) is 3.57 Å². The Hall–Kier alpha value is -0.590. The van der Waals surface area contributed by atoms with Crippen molar-refractivity contribution in [1.29, 1.82) is 0 Å². The highest BCUT2D eigenvalue weighted by Gasteiger charge is 2.11. The molecule has 1 N–H and O–H groups in total. The van der Waals surface area contributed by atoms with E-state index in [1.165, 1.54) is 25.7 Å². The van der Waals surface area contributed by atoms with Crippen LogP contribution in [0.25, 0.3) is 0 Å². The van der Waals surface area contributed by atoms with E-state index < -0.39 is 0 Å². The average molecular weight is 319 g/mol. The van der Waals surface area contributed by atoms with Crippen LogP contribution in [0.2, 0.25) is 0 Å². The number of nitrogens with one attached hydrogen (secondary N) is 1. The summed E-state index contributed by atoms with van der Waals surface area (Å²) < 4.78 is 0.645. The van der Waals surface area contributed by atoms with E-state index in [-0.39, 0.29) is 5.56 Å². The third kappa shape index (κ3) is 2.70. The summed E-state index contributed by atoms with van der Waals surface area (Å²) in [6, 6.07) is 0. The first-order valence-electron chi connectivity index (χ1n) is 5.27. The van der Waals surface area contributed by atoms with Crippen molar-refractivity contribution in [2.45, 2.75) is 25.7 Å². The summed E-state index contributed by atoms with van der Waals surface area (Å²) in [6.45, 7) is 2.01. The highest BCUT2D eigenvalue weighted by molar-refractivity contribution is 14.1. The second kappa shape index (κ2) is 4.96. The SMILES string of the molecule is O=c1[nH]c(N2CCCCCC2)ncc1I. The van der Waals surface area contributed by atoms with Crippen molar-refractivity contribution in [2.75, 3.05) is 18.0 Å². The molecule has 5 heteroatoms. The van der Waals surface area contributed by atoms with Crippen LogP contribution < -0.4 is 10.5 Å².